The lowest BCUT2D eigenvalue weighted by Crippen LogP contribution is -2.54. The van der Waals surface area contributed by atoms with Gasteiger partial charge in [0.1, 0.15) is 0 Å². The molecule has 0 aromatic carbocycles. The predicted molar refractivity (Wildman–Crippen MR) is 128 cm³/mol. The van der Waals surface area contributed by atoms with Gasteiger partial charge in [-0.15, -0.1) is 0 Å². The van der Waals surface area contributed by atoms with E-state index < -0.39 is 0 Å². The van der Waals surface area contributed by atoms with Gasteiger partial charge in [-0.1, -0.05) is 11.6 Å². The smallest absolute Gasteiger partial charge is 0.226 e. The quantitative estimate of drug-likeness (QED) is 0.725. The maximum Gasteiger partial charge on any atom is 0.226 e. The Kier molecular flexibility index (Phi) is 6.01. The van der Waals surface area contributed by atoms with Crippen LogP contribution in [0.25, 0.3) is 11.1 Å². The van der Waals surface area contributed by atoms with E-state index in [-0.39, 0.29) is 22.9 Å². The van der Waals surface area contributed by atoms with Crippen LogP contribution < -0.4 is 5.32 Å². The zero-order valence-corrected chi connectivity index (χ0v) is 20.4. The van der Waals surface area contributed by atoms with Crippen LogP contribution in [0, 0.1) is 6.92 Å². The summed E-state index contributed by atoms with van der Waals surface area (Å²) in [5, 5.41) is 7.96. The van der Waals surface area contributed by atoms with Crippen molar-refractivity contribution in [1.29, 1.82) is 0 Å². The number of hydrogen-bond donors (Lipinski definition) is 1. The molecule has 2 aliphatic rings. The molecular weight excluding hydrogens is 398 g/mol. The van der Waals surface area contributed by atoms with Crippen LogP contribution in [-0.4, -0.2) is 49.7 Å². The van der Waals surface area contributed by atoms with E-state index in [9.17, 15) is 4.79 Å². The number of nitrogens with zero attached hydrogens (tertiary/aromatic N) is 4. The highest BCUT2D eigenvalue weighted by atomic mass is 16.2. The molecule has 0 aliphatic carbocycles. The lowest BCUT2D eigenvalue weighted by molar-refractivity contribution is -0.131. The van der Waals surface area contributed by atoms with Gasteiger partial charge in [-0.25, -0.2) is 0 Å². The Labute approximate surface area is 192 Å². The number of rotatable bonds is 4. The van der Waals surface area contributed by atoms with E-state index in [1.807, 2.05) is 31.0 Å². The first-order valence-corrected chi connectivity index (χ1v) is 11.7. The van der Waals surface area contributed by atoms with Gasteiger partial charge in [0.2, 0.25) is 5.91 Å². The molecule has 1 unspecified atom stereocenters. The molecule has 1 saturated heterocycles. The summed E-state index contributed by atoms with van der Waals surface area (Å²) < 4.78 is 1.82. The summed E-state index contributed by atoms with van der Waals surface area (Å²) in [6, 6.07) is 4.29. The van der Waals surface area contributed by atoms with Gasteiger partial charge < -0.3 is 10.2 Å². The topological polar surface area (TPSA) is 63.1 Å². The van der Waals surface area contributed by atoms with Crippen molar-refractivity contribution in [3.63, 3.8) is 0 Å². The second kappa shape index (κ2) is 8.47. The summed E-state index contributed by atoms with van der Waals surface area (Å²) in [4.78, 5) is 20.2. The number of nitrogens with one attached hydrogen (secondary N) is 1. The lowest BCUT2D eigenvalue weighted by Gasteiger charge is -2.41. The minimum absolute atomic E-state index is 0.00643. The molecule has 0 saturated carbocycles. The minimum Gasteiger partial charge on any atom is -0.342 e. The Morgan fingerprint density at radius 3 is 2.69 bits per heavy atom. The first-order valence-electron chi connectivity index (χ1n) is 11.7. The van der Waals surface area contributed by atoms with Crippen LogP contribution in [0.4, 0.5) is 0 Å². The van der Waals surface area contributed by atoms with E-state index in [1.165, 1.54) is 5.57 Å². The van der Waals surface area contributed by atoms with Gasteiger partial charge in [0.15, 0.2) is 0 Å². The SMILES string of the molecule is Cc1cc(-c2cnn(C)c2)cc(C2CCCN(C(=O)CC3=CC(C)(C)NC(C)(C)C3)C2)n1. The highest BCUT2D eigenvalue weighted by molar-refractivity contribution is 5.79. The molecule has 32 heavy (non-hydrogen) atoms. The molecule has 1 fully saturated rings. The van der Waals surface area contributed by atoms with Crippen molar-refractivity contribution >= 4 is 5.91 Å². The van der Waals surface area contributed by atoms with Crippen molar-refractivity contribution in [3.05, 3.63) is 47.6 Å². The molecule has 172 valence electrons. The summed E-state index contributed by atoms with van der Waals surface area (Å²) >= 11 is 0. The molecule has 4 heterocycles. The molecule has 0 spiro atoms. The van der Waals surface area contributed by atoms with Crippen molar-refractivity contribution in [1.82, 2.24) is 25.0 Å². The number of pyridine rings is 1. The van der Waals surface area contributed by atoms with E-state index in [0.29, 0.717) is 6.42 Å². The van der Waals surface area contributed by atoms with Crippen molar-refractivity contribution in [2.45, 2.75) is 77.3 Å². The number of amides is 1. The van der Waals surface area contributed by atoms with Gasteiger partial charge in [0.05, 0.1) is 6.20 Å². The molecule has 1 amide bonds. The average Bonchev–Trinajstić information content (AvgIpc) is 3.11. The average molecular weight is 436 g/mol. The fourth-order valence-electron chi connectivity index (χ4n) is 5.59. The third-order valence-corrected chi connectivity index (χ3v) is 6.48. The van der Waals surface area contributed by atoms with Crippen molar-refractivity contribution in [3.8, 4) is 11.1 Å². The second-order valence-corrected chi connectivity index (χ2v) is 10.9. The normalized spacial score (nSPS) is 22.5. The monoisotopic (exact) mass is 435 g/mol. The molecule has 2 aliphatic heterocycles. The Balaban J connectivity index is 1.48. The third-order valence-electron chi connectivity index (χ3n) is 6.48. The minimum atomic E-state index is -0.0873. The number of likely N-dealkylation sites (tertiary alicyclic amines) is 1. The molecule has 2 aromatic heterocycles. The zero-order chi connectivity index (χ0) is 23.1. The summed E-state index contributed by atoms with van der Waals surface area (Å²) in [6.07, 6.45) is 9.69. The first kappa shape index (κ1) is 22.7. The van der Waals surface area contributed by atoms with Gasteiger partial charge in [-0.05, 0) is 71.6 Å². The van der Waals surface area contributed by atoms with Crippen LogP contribution >= 0.6 is 0 Å². The van der Waals surface area contributed by atoms with Gasteiger partial charge in [-0.3, -0.25) is 14.5 Å². The predicted octanol–water partition coefficient (Wildman–Crippen LogP) is 4.36. The number of carbonyl (C=O) groups is 1. The number of carbonyl (C=O) groups excluding carboxylic acids is 1. The van der Waals surface area contributed by atoms with Crippen LogP contribution in [0.3, 0.4) is 0 Å². The van der Waals surface area contributed by atoms with Crippen LogP contribution in [0.5, 0.6) is 0 Å². The fourth-order valence-corrected chi connectivity index (χ4v) is 5.59. The van der Waals surface area contributed by atoms with Gasteiger partial charge in [-0.2, -0.15) is 5.10 Å². The number of piperidine rings is 1. The van der Waals surface area contributed by atoms with E-state index >= 15 is 0 Å². The first-order chi connectivity index (χ1) is 15.0. The molecule has 6 heteroatoms. The van der Waals surface area contributed by atoms with Crippen molar-refractivity contribution < 1.29 is 4.79 Å². The molecular formula is C26H37N5O. The Morgan fingerprint density at radius 1 is 1.22 bits per heavy atom. The zero-order valence-electron chi connectivity index (χ0n) is 20.4. The van der Waals surface area contributed by atoms with E-state index in [4.69, 9.17) is 4.98 Å². The number of hydrogen-bond acceptors (Lipinski definition) is 4. The maximum absolute atomic E-state index is 13.3. The van der Waals surface area contributed by atoms with E-state index in [1.54, 1.807) is 0 Å². The maximum atomic E-state index is 13.3. The van der Waals surface area contributed by atoms with Crippen LogP contribution in [0.2, 0.25) is 0 Å². The lowest BCUT2D eigenvalue weighted by atomic mass is 9.82. The van der Waals surface area contributed by atoms with Gasteiger partial charge >= 0.3 is 0 Å². The Hall–Kier alpha value is -2.47. The highest BCUT2D eigenvalue weighted by Gasteiger charge is 2.34. The summed E-state index contributed by atoms with van der Waals surface area (Å²) in [5.41, 5.74) is 5.51. The molecule has 0 bridgehead atoms. The summed E-state index contributed by atoms with van der Waals surface area (Å²) in [5.74, 6) is 0.521. The standard InChI is InChI=1S/C26H37N5O/c1-18-10-21(22-15-27-30(6)16-22)12-23(28-18)20-8-7-9-31(17-20)24(32)11-19-13-25(2,3)29-26(4,5)14-19/h10,12-13,15-16,20,29H,7-9,11,14,17H2,1-6H3. The van der Waals surface area contributed by atoms with Gasteiger partial charge in [0, 0.05) is 66.7 Å². The molecule has 1 atom stereocenters. The van der Waals surface area contributed by atoms with E-state index in [2.05, 4.69) is 61.2 Å². The largest absolute Gasteiger partial charge is 0.342 e. The highest BCUT2D eigenvalue weighted by Crippen LogP contribution is 2.32. The fraction of sp³-hybridized carbons (Fsp3) is 0.577. The van der Waals surface area contributed by atoms with Crippen molar-refractivity contribution in [2.24, 2.45) is 7.05 Å². The molecule has 6 nitrogen and oxygen atoms in total. The number of aromatic nitrogens is 3. The van der Waals surface area contributed by atoms with Gasteiger partial charge in [0.25, 0.3) is 0 Å². The number of aryl methyl sites for hydroxylation is 2. The molecule has 2 aromatic rings. The second-order valence-electron chi connectivity index (χ2n) is 10.9. The van der Waals surface area contributed by atoms with E-state index in [0.717, 1.165) is 54.9 Å². The summed E-state index contributed by atoms with van der Waals surface area (Å²) in [7, 11) is 1.93. The summed E-state index contributed by atoms with van der Waals surface area (Å²) in [6.45, 7) is 12.4. The molecule has 0 radical (unpaired) electrons. The Bertz CT molecular complexity index is 1030. The van der Waals surface area contributed by atoms with Crippen LogP contribution in [-0.2, 0) is 11.8 Å². The molecule has 4 rings (SSSR count). The molecule has 1 N–H and O–H groups in total. The third kappa shape index (κ3) is 5.29. The van der Waals surface area contributed by atoms with Crippen LogP contribution in [0.1, 0.15) is 70.7 Å². The van der Waals surface area contributed by atoms with Crippen LogP contribution in [0.15, 0.2) is 36.2 Å². The Morgan fingerprint density at radius 2 is 2.00 bits per heavy atom. The van der Waals surface area contributed by atoms with Crippen molar-refractivity contribution in [2.75, 3.05) is 13.1 Å².